The molecular formula is C23H28N4O3S. The number of hydrogen-bond donors (Lipinski definition) is 0. The SMILES string of the molecule is Cc1noc(CCC(=O)N2CCCC[C@@H]2Cc2c(C(=O)N(C)C)sc3ccccc23)n1. The summed E-state index contributed by atoms with van der Waals surface area (Å²) < 4.78 is 6.27. The molecule has 1 saturated heterocycles. The predicted octanol–water partition coefficient (Wildman–Crippen LogP) is 3.85. The van der Waals surface area contributed by atoms with E-state index in [2.05, 4.69) is 22.3 Å². The summed E-state index contributed by atoms with van der Waals surface area (Å²) in [5.41, 5.74) is 1.07. The van der Waals surface area contributed by atoms with E-state index >= 15 is 0 Å². The number of fused-ring (bicyclic) bond motifs is 1. The highest BCUT2D eigenvalue weighted by molar-refractivity contribution is 7.21. The Balaban J connectivity index is 1.56. The number of likely N-dealkylation sites (tertiary alicyclic amines) is 1. The lowest BCUT2D eigenvalue weighted by molar-refractivity contribution is -0.134. The Hall–Kier alpha value is -2.74. The zero-order valence-electron chi connectivity index (χ0n) is 18.3. The van der Waals surface area contributed by atoms with Gasteiger partial charge in [0.2, 0.25) is 11.8 Å². The van der Waals surface area contributed by atoms with Crippen molar-refractivity contribution in [1.82, 2.24) is 19.9 Å². The number of thiophene rings is 1. The molecule has 31 heavy (non-hydrogen) atoms. The second-order valence-corrected chi connectivity index (χ2v) is 9.33. The molecule has 0 saturated carbocycles. The molecular weight excluding hydrogens is 412 g/mol. The molecule has 7 nitrogen and oxygen atoms in total. The molecule has 2 aromatic heterocycles. The summed E-state index contributed by atoms with van der Waals surface area (Å²) in [5, 5.41) is 4.92. The lowest BCUT2D eigenvalue weighted by atomic mass is 9.93. The van der Waals surface area contributed by atoms with Crippen LogP contribution in [0.15, 0.2) is 28.8 Å². The number of benzene rings is 1. The molecule has 0 aliphatic carbocycles. The maximum absolute atomic E-state index is 13.1. The fourth-order valence-electron chi connectivity index (χ4n) is 4.25. The van der Waals surface area contributed by atoms with Gasteiger partial charge in [-0.25, -0.2) is 0 Å². The monoisotopic (exact) mass is 440 g/mol. The fourth-order valence-corrected chi connectivity index (χ4v) is 5.51. The normalized spacial score (nSPS) is 16.6. The van der Waals surface area contributed by atoms with E-state index in [4.69, 9.17) is 4.52 Å². The standard InChI is InChI=1S/C23H28N4O3S/c1-15-24-20(30-25-15)11-12-21(28)27-13-7-6-8-16(27)14-18-17-9-4-5-10-19(17)31-22(18)23(29)26(2)3/h4-5,9-10,16H,6-8,11-14H2,1-3H3/t16-/m1/s1. The van der Waals surface area contributed by atoms with E-state index < -0.39 is 0 Å². The summed E-state index contributed by atoms with van der Waals surface area (Å²) in [4.78, 5) is 34.6. The van der Waals surface area contributed by atoms with Crippen LogP contribution < -0.4 is 0 Å². The summed E-state index contributed by atoms with van der Waals surface area (Å²) in [6.07, 6.45) is 4.56. The van der Waals surface area contributed by atoms with Crippen molar-refractivity contribution >= 4 is 33.2 Å². The van der Waals surface area contributed by atoms with Gasteiger partial charge in [0.15, 0.2) is 5.82 Å². The molecule has 3 heterocycles. The highest BCUT2D eigenvalue weighted by Crippen LogP contribution is 2.35. The number of amides is 2. The van der Waals surface area contributed by atoms with Crippen LogP contribution in [-0.2, 0) is 17.6 Å². The number of nitrogens with zero attached hydrogens (tertiary/aromatic N) is 4. The van der Waals surface area contributed by atoms with Gasteiger partial charge in [-0.3, -0.25) is 9.59 Å². The van der Waals surface area contributed by atoms with Crippen molar-refractivity contribution in [3.05, 3.63) is 46.4 Å². The number of aryl methyl sites for hydroxylation is 2. The first-order valence-corrected chi connectivity index (χ1v) is 11.6. The quantitative estimate of drug-likeness (QED) is 0.582. The van der Waals surface area contributed by atoms with E-state index in [1.54, 1.807) is 37.3 Å². The minimum absolute atomic E-state index is 0.0247. The highest BCUT2D eigenvalue weighted by Gasteiger charge is 2.30. The van der Waals surface area contributed by atoms with Crippen molar-refractivity contribution < 1.29 is 14.1 Å². The van der Waals surface area contributed by atoms with Gasteiger partial charge in [0.1, 0.15) is 0 Å². The van der Waals surface area contributed by atoms with Gasteiger partial charge in [0.05, 0.1) is 4.88 Å². The molecule has 4 rings (SSSR count). The minimum atomic E-state index is 0.0247. The van der Waals surface area contributed by atoms with Crippen molar-refractivity contribution in [3.8, 4) is 0 Å². The van der Waals surface area contributed by atoms with Gasteiger partial charge in [0.25, 0.3) is 5.91 Å². The number of hydrogen-bond acceptors (Lipinski definition) is 6. The van der Waals surface area contributed by atoms with Crippen molar-refractivity contribution in [2.24, 2.45) is 0 Å². The largest absolute Gasteiger partial charge is 0.344 e. The number of rotatable bonds is 6. The molecule has 0 N–H and O–H groups in total. The van der Waals surface area contributed by atoms with Crippen LogP contribution >= 0.6 is 11.3 Å². The average Bonchev–Trinajstić information content (AvgIpc) is 3.35. The smallest absolute Gasteiger partial charge is 0.263 e. The third-order valence-corrected chi connectivity index (χ3v) is 7.01. The van der Waals surface area contributed by atoms with Gasteiger partial charge >= 0.3 is 0 Å². The Morgan fingerprint density at radius 2 is 2.06 bits per heavy atom. The van der Waals surface area contributed by atoms with E-state index in [0.717, 1.165) is 46.3 Å². The Bertz CT molecular complexity index is 1090. The summed E-state index contributed by atoms with van der Waals surface area (Å²) >= 11 is 1.55. The summed E-state index contributed by atoms with van der Waals surface area (Å²) in [5.74, 6) is 1.22. The second-order valence-electron chi connectivity index (χ2n) is 8.28. The third-order valence-electron chi connectivity index (χ3n) is 5.81. The number of piperidine rings is 1. The van der Waals surface area contributed by atoms with E-state index in [1.165, 1.54) is 0 Å². The van der Waals surface area contributed by atoms with Gasteiger partial charge in [-0.2, -0.15) is 4.98 Å². The third kappa shape index (κ3) is 4.63. The highest BCUT2D eigenvalue weighted by atomic mass is 32.1. The van der Waals surface area contributed by atoms with E-state index in [-0.39, 0.29) is 17.9 Å². The Morgan fingerprint density at radius 3 is 2.81 bits per heavy atom. The van der Waals surface area contributed by atoms with Crippen LogP contribution in [0.25, 0.3) is 10.1 Å². The lowest BCUT2D eigenvalue weighted by Gasteiger charge is -2.36. The first-order chi connectivity index (χ1) is 14.9. The van der Waals surface area contributed by atoms with Crippen molar-refractivity contribution in [3.63, 3.8) is 0 Å². The van der Waals surface area contributed by atoms with Crippen LogP contribution in [0.2, 0.25) is 0 Å². The van der Waals surface area contributed by atoms with Crippen LogP contribution in [0.1, 0.15) is 52.6 Å². The van der Waals surface area contributed by atoms with E-state index in [1.807, 2.05) is 17.0 Å². The first kappa shape index (κ1) is 21.5. The summed E-state index contributed by atoms with van der Waals surface area (Å²) in [6, 6.07) is 8.25. The molecule has 1 atom stereocenters. The van der Waals surface area contributed by atoms with Gasteiger partial charge in [0, 0.05) is 44.2 Å². The van der Waals surface area contributed by atoms with Crippen LogP contribution in [0.4, 0.5) is 0 Å². The van der Waals surface area contributed by atoms with Crippen molar-refractivity contribution in [2.45, 2.75) is 51.5 Å². The second kappa shape index (κ2) is 9.18. The van der Waals surface area contributed by atoms with Crippen LogP contribution in [0.5, 0.6) is 0 Å². The molecule has 0 unspecified atom stereocenters. The average molecular weight is 441 g/mol. The molecule has 1 fully saturated rings. The van der Waals surface area contributed by atoms with E-state index in [9.17, 15) is 9.59 Å². The molecule has 1 aliphatic heterocycles. The van der Waals surface area contributed by atoms with Crippen LogP contribution in [0.3, 0.4) is 0 Å². The Kier molecular flexibility index (Phi) is 6.36. The molecule has 0 bridgehead atoms. The summed E-state index contributed by atoms with van der Waals surface area (Å²) in [7, 11) is 3.57. The number of aromatic nitrogens is 2. The topological polar surface area (TPSA) is 79.5 Å². The lowest BCUT2D eigenvalue weighted by Crippen LogP contribution is -2.45. The zero-order valence-corrected chi connectivity index (χ0v) is 19.1. The minimum Gasteiger partial charge on any atom is -0.344 e. The predicted molar refractivity (Wildman–Crippen MR) is 120 cm³/mol. The zero-order chi connectivity index (χ0) is 22.0. The van der Waals surface area contributed by atoms with Gasteiger partial charge in [-0.05, 0) is 49.6 Å². The molecule has 0 radical (unpaired) electrons. The maximum Gasteiger partial charge on any atom is 0.263 e. The molecule has 1 aliphatic rings. The number of carbonyl (C=O) groups is 2. The van der Waals surface area contributed by atoms with Gasteiger partial charge in [-0.1, -0.05) is 23.4 Å². The summed E-state index contributed by atoms with van der Waals surface area (Å²) in [6.45, 7) is 2.53. The van der Waals surface area contributed by atoms with Crippen molar-refractivity contribution in [2.75, 3.05) is 20.6 Å². The molecule has 0 spiro atoms. The Morgan fingerprint density at radius 1 is 1.26 bits per heavy atom. The van der Waals surface area contributed by atoms with Crippen LogP contribution in [0, 0.1) is 6.92 Å². The Labute approximate surface area is 186 Å². The molecule has 2 amide bonds. The fraction of sp³-hybridized carbons (Fsp3) is 0.478. The molecule has 1 aromatic carbocycles. The molecule has 3 aromatic rings. The molecule has 8 heteroatoms. The first-order valence-electron chi connectivity index (χ1n) is 10.7. The van der Waals surface area contributed by atoms with E-state index in [0.29, 0.717) is 31.0 Å². The number of carbonyl (C=O) groups excluding carboxylic acids is 2. The molecule has 164 valence electrons. The van der Waals surface area contributed by atoms with Gasteiger partial charge < -0.3 is 14.3 Å². The van der Waals surface area contributed by atoms with Crippen LogP contribution in [-0.4, -0.2) is 58.4 Å². The van der Waals surface area contributed by atoms with Gasteiger partial charge in [-0.15, -0.1) is 11.3 Å². The maximum atomic E-state index is 13.1. The van der Waals surface area contributed by atoms with Crippen molar-refractivity contribution in [1.29, 1.82) is 0 Å².